The predicted molar refractivity (Wildman–Crippen MR) is 73.7 cm³/mol. The molecule has 0 aliphatic rings. The van der Waals surface area contributed by atoms with Crippen LogP contribution in [0, 0.1) is 0 Å². The van der Waals surface area contributed by atoms with E-state index in [2.05, 4.69) is 54.6 Å². The third kappa shape index (κ3) is 1.94. The molecule has 3 aromatic rings. The van der Waals surface area contributed by atoms with Crippen molar-refractivity contribution in [3.63, 3.8) is 0 Å². The van der Waals surface area contributed by atoms with Crippen molar-refractivity contribution in [1.29, 1.82) is 0 Å². The zero-order chi connectivity index (χ0) is 11.8. The van der Waals surface area contributed by atoms with Gasteiger partial charge in [0.1, 0.15) is 5.52 Å². The van der Waals surface area contributed by atoms with E-state index in [0.717, 1.165) is 18.6 Å². The zero-order valence-corrected chi connectivity index (χ0v) is 10.9. The summed E-state index contributed by atoms with van der Waals surface area (Å²) in [6.45, 7) is 1.97. The summed E-state index contributed by atoms with van der Waals surface area (Å²) in [4.78, 5) is 2.17. The monoisotopic (exact) mass is 245 g/mol. The summed E-state index contributed by atoms with van der Waals surface area (Å²) in [6.07, 6.45) is 2.16. The molecular weight excluding hydrogens is 230 g/mol. The van der Waals surface area contributed by atoms with Gasteiger partial charge in [0.15, 0.2) is 0 Å². The second kappa shape index (κ2) is 4.13. The number of hydrogen-bond acceptors (Lipinski definition) is 3. The molecule has 4 heteroatoms. The van der Waals surface area contributed by atoms with Crippen LogP contribution in [-0.4, -0.2) is 35.3 Å². The van der Waals surface area contributed by atoms with Crippen LogP contribution in [0.5, 0.6) is 0 Å². The summed E-state index contributed by atoms with van der Waals surface area (Å²) in [5, 5.41) is 5.95. The summed E-state index contributed by atoms with van der Waals surface area (Å²) in [6, 6.07) is 8.47. The van der Waals surface area contributed by atoms with E-state index in [1.54, 1.807) is 0 Å². The lowest BCUT2D eigenvalue weighted by Crippen LogP contribution is -2.18. The Hall–Kier alpha value is -1.39. The standard InChI is InChI=1S/C13H15N3S/c1-15(2)7-8-16-9-12-13(14-16)10-5-3-4-6-11(10)17-12/h3-6,9H,7-8H2,1-2H3. The predicted octanol–water partition coefficient (Wildman–Crippen LogP) is 2.81. The van der Waals surface area contributed by atoms with Crippen molar-refractivity contribution in [3.05, 3.63) is 30.5 Å². The van der Waals surface area contributed by atoms with Crippen LogP contribution in [-0.2, 0) is 6.54 Å². The fourth-order valence-corrected chi connectivity index (χ4v) is 3.03. The summed E-state index contributed by atoms with van der Waals surface area (Å²) in [7, 11) is 4.17. The van der Waals surface area contributed by atoms with Crippen LogP contribution < -0.4 is 0 Å². The van der Waals surface area contributed by atoms with Gasteiger partial charge in [-0.3, -0.25) is 4.68 Å². The molecule has 0 atom stereocenters. The Bertz CT molecular complexity index is 651. The van der Waals surface area contributed by atoms with Gasteiger partial charge in [-0.25, -0.2) is 0 Å². The van der Waals surface area contributed by atoms with Gasteiger partial charge in [-0.1, -0.05) is 18.2 Å². The van der Waals surface area contributed by atoms with Gasteiger partial charge in [-0.15, -0.1) is 11.3 Å². The molecule has 0 aliphatic carbocycles. The maximum atomic E-state index is 4.67. The smallest absolute Gasteiger partial charge is 0.111 e. The number of thiophene rings is 1. The molecule has 0 saturated carbocycles. The quantitative estimate of drug-likeness (QED) is 0.707. The molecule has 0 N–H and O–H groups in total. The van der Waals surface area contributed by atoms with E-state index in [1.165, 1.54) is 14.8 Å². The minimum Gasteiger partial charge on any atom is -0.308 e. The van der Waals surface area contributed by atoms with E-state index in [9.17, 15) is 0 Å². The van der Waals surface area contributed by atoms with E-state index in [0.29, 0.717) is 0 Å². The molecule has 0 bridgehead atoms. The van der Waals surface area contributed by atoms with Crippen molar-refractivity contribution in [1.82, 2.24) is 14.7 Å². The summed E-state index contributed by atoms with van der Waals surface area (Å²) < 4.78 is 4.66. The minimum atomic E-state index is 0.947. The van der Waals surface area contributed by atoms with Crippen LogP contribution in [0.4, 0.5) is 0 Å². The number of rotatable bonds is 3. The van der Waals surface area contributed by atoms with Crippen LogP contribution >= 0.6 is 11.3 Å². The van der Waals surface area contributed by atoms with Crippen molar-refractivity contribution in [2.45, 2.75) is 6.54 Å². The lowest BCUT2D eigenvalue weighted by molar-refractivity contribution is 0.374. The number of aromatic nitrogens is 2. The fourth-order valence-electron chi connectivity index (χ4n) is 1.95. The van der Waals surface area contributed by atoms with Crippen LogP contribution in [0.15, 0.2) is 30.5 Å². The Balaban J connectivity index is 2.02. The highest BCUT2D eigenvalue weighted by molar-refractivity contribution is 7.25. The van der Waals surface area contributed by atoms with E-state index >= 15 is 0 Å². The molecule has 0 spiro atoms. The zero-order valence-electron chi connectivity index (χ0n) is 10.1. The third-order valence-corrected chi connectivity index (χ3v) is 3.96. The van der Waals surface area contributed by atoms with Gasteiger partial charge in [0.05, 0.1) is 11.2 Å². The van der Waals surface area contributed by atoms with Crippen molar-refractivity contribution in [3.8, 4) is 0 Å². The molecule has 88 valence electrons. The SMILES string of the molecule is CN(C)CCn1cc2sc3ccccc3c2n1. The van der Waals surface area contributed by atoms with Gasteiger partial charge in [0.25, 0.3) is 0 Å². The highest BCUT2D eigenvalue weighted by Gasteiger charge is 2.08. The number of likely N-dealkylation sites (N-methyl/N-ethyl adjacent to an activating group) is 1. The molecule has 0 saturated heterocycles. The topological polar surface area (TPSA) is 21.1 Å². The van der Waals surface area contributed by atoms with Crippen LogP contribution in [0.1, 0.15) is 0 Å². The Morgan fingerprint density at radius 2 is 2.06 bits per heavy atom. The summed E-state index contributed by atoms with van der Waals surface area (Å²) in [5.41, 5.74) is 1.14. The molecule has 2 heterocycles. The molecule has 0 aliphatic heterocycles. The molecule has 17 heavy (non-hydrogen) atoms. The molecule has 0 amide bonds. The number of benzene rings is 1. The molecule has 0 unspecified atom stereocenters. The molecule has 0 radical (unpaired) electrons. The van der Waals surface area contributed by atoms with Gasteiger partial charge >= 0.3 is 0 Å². The lowest BCUT2D eigenvalue weighted by atomic mass is 10.2. The second-order valence-electron chi connectivity index (χ2n) is 4.51. The number of hydrogen-bond donors (Lipinski definition) is 0. The maximum Gasteiger partial charge on any atom is 0.111 e. The Kier molecular flexibility index (Phi) is 2.61. The van der Waals surface area contributed by atoms with Gasteiger partial charge < -0.3 is 4.90 Å². The van der Waals surface area contributed by atoms with Crippen molar-refractivity contribution < 1.29 is 0 Å². The molecule has 1 aromatic carbocycles. The first kappa shape index (κ1) is 10.7. The van der Waals surface area contributed by atoms with Crippen LogP contribution in [0.2, 0.25) is 0 Å². The van der Waals surface area contributed by atoms with E-state index in [1.807, 2.05) is 16.0 Å². The molecule has 2 aromatic heterocycles. The van der Waals surface area contributed by atoms with E-state index < -0.39 is 0 Å². The fraction of sp³-hybridized carbons (Fsp3) is 0.308. The van der Waals surface area contributed by atoms with Gasteiger partial charge in [-0.05, 0) is 20.2 Å². The Labute approximate surface area is 104 Å². The number of nitrogens with zero attached hydrogens (tertiary/aromatic N) is 3. The Morgan fingerprint density at radius 1 is 1.24 bits per heavy atom. The maximum absolute atomic E-state index is 4.67. The van der Waals surface area contributed by atoms with Crippen molar-refractivity contribution >= 4 is 31.6 Å². The highest BCUT2D eigenvalue weighted by atomic mass is 32.1. The largest absolute Gasteiger partial charge is 0.308 e. The van der Waals surface area contributed by atoms with Crippen molar-refractivity contribution in [2.24, 2.45) is 0 Å². The van der Waals surface area contributed by atoms with Crippen molar-refractivity contribution in [2.75, 3.05) is 20.6 Å². The average molecular weight is 245 g/mol. The Morgan fingerprint density at radius 3 is 2.88 bits per heavy atom. The normalized spacial score (nSPS) is 11.9. The van der Waals surface area contributed by atoms with Gasteiger partial charge in [0.2, 0.25) is 0 Å². The summed E-state index contributed by atoms with van der Waals surface area (Å²) in [5.74, 6) is 0. The van der Waals surface area contributed by atoms with E-state index in [-0.39, 0.29) is 0 Å². The lowest BCUT2D eigenvalue weighted by Gasteiger charge is -2.08. The molecular formula is C13H15N3S. The first-order valence-electron chi connectivity index (χ1n) is 5.73. The molecule has 3 nitrogen and oxygen atoms in total. The second-order valence-corrected chi connectivity index (χ2v) is 5.59. The first-order chi connectivity index (χ1) is 8.24. The first-order valence-corrected chi connectivity index (χ1v) is 6.55. The average Bonchev–Trinajstić information content (AvgIpc) is 2.83. The van der Waals surface area contributed by atoms with Crippen LogP contribution in [0.25, 0.3) is 20.3 Å². The molecule has 0 fully saturated rings. The third-order valence-electron chi connectivity index (χ3n) is 2.87. The van der Waals surface area contributed by atoms with Crippen LogP contribution in [0.3, 0.4) is 0 Å². The highest BCUT2D eigenvalue weighted by Crippen LogP contribution is 2.32. The van der Waals surface area contributed by atoms with Gasteiger partial charge in [-0.2, -0.15) is 5.10 Å². The summed E-state index contributed by atoms with van der Waals surface area (Å²) >= 11 is 1.82. The van der Waals surface area contributed by atoms with E-state index in [4.69, 9.17) is 0 Å². The minimum absolute atomic E-state index is 0.947. The number of fused-ring (bicyclic) bond motifs is 3. The molecule has 3 rings (SSSR count). The van der Waals surface area contributed by atoms with Gasteiger partial charge in [0, 0.05) is 22.8 Å².